The molecule has 0 bridgehead atoms. The Morgan fingerprint density at radius 3 is 0.967 bits per heavy atom. The van der Waals surface area contributed by atoms with E-state index in [9.17, 15) is 0 Å². The van der Waals surface area contributed by atoms with Crippen LogP contribution in [0.25, 0.3) is 33.8 Å². The summed E-state index contributed by atoms with van der Waals surface area (Å²) in [6.45, 7) is 12.3. The number of nitrogen functional groups attached to an aromatic ring is 3. The second-order valence-corrected chi connectivity index (χ2v) is 24.4. The molecule has 0 amide bonds. The number of pyridine rings is 3. The van der Waals surface area contributed by atoms with Crippen molar-refractivity contribution in [2.75, 3.05) is 89.2 Å². The molecule has 0 unspecified atom stereocenters. The average molecular weight is 1190 g/mol. The normalized spacial score (nSPS) is 15.4. The van der Waals surface area contributed by atoms with Crippen LogP contribution in [0.5, 0.6) is 0 Å². The molecule has 10 aromatic rings. The lowest BCUT2D eigenvalue weighted by Crippen LogP contribution is -2.48. The summed E-state index contributed by atoms with van der Waals surface area (Å²) in [5.74, 6) is 2.85. The number of nitrogens with two attached hydrogens (primary N) is 4. The summed E-state index contributed by atoms with van der Waals surface area (Å²) >= 11 is 0. The Hall–Kier alpha value is -8.81. The van der Waals surface area contributed by atoms with Gasteiger partial charge in [-0.15, -0.1) is 0 Å². The van der Waals surface area contributed by atoms with Gasteiger partial charge in [0.2, 0.25) is 0 Å². The Bertz CT molecular complexity index is 3430. The molecule has 0 spiro atoms. The van der Waals surface area contributed by atoms with Crippen LogP contribution >= 0.6 is 0 Å². The van der Waals surface area contributed by atoms with Crippen molar-refractivity contribution in [3.8, 4) is 33.8 Å². The van der Waals surface area contributed by atoms with Gasteiger partial charge in [-0.25, -0.2) is 15.0 Å². The minimum atomic E-state index is 0.317. The zero-order valence-corrected chi connectivity index (χ0v) is 52.1. The molecule has 90 heavy (non-hydrogen) atoms. The first-order valence-electron chi connectivity index (χ1n) is 32.5. The molecule has 0 aliphatic carbocycles. The van der Waals surface area contributed by atoms with E-state index in [4.69, 9.17) is 22.9 Å². The number of hydrogen-bond donors (Lipinski definition) is 4. The highest BCUT2D eigenvalue weighted by atomic mass is 15.3. The molecule has 7 aromatic carbocycles. The van der Waals surface area contributed by atoms with E-state index in [2.05, 4.69) is 229 Å². The molecule has 11 heteroatoms. The molecular weight excluding hydrogens is 1100 g/mol. The molecule has 3 aromatic heterocycles. The van der Waals surface area contributed by atoms with Gasteiger partial charge in [-0.3, -0.25) is 4.90 Å². The quantitative estimate of drug-likeness (QED) is 0.0649. The van der Waals surface area contributed by atoms with Crippen molar-refractivity contribution >= 4 is 17.5 Å². The maximum Gasteiger partial charge on any atom is 0.124 e. The Labute approximate surface area is 534 Å². The SMILES string of the molecule is Nc1cccc(-c2ccc(CCN3CCC(C(c4ccccc4)c4ccccc4)CC3)cc2)n1.Nc1cccc(-c2ccc(CCN3CCC(N)CC3)cc2)n1.Nc1cccc(-c2ccc(CCN3CCN(C(c4ccccc4)c4ccccc4)CC3)cc2)n1. The van der Waals surface area contributed by atoms with Gasteiger partial charge in [0.1, 0.15) is 17.5 Å². The number of piperidine rings is 2. The van der Waals surface area contributed by atoms with Gasteiger partial charge in [-0.1, -0.05) is 212 Å². The first kappa shape index (κ1) is 62.8. The van der Waals surface area contributed by atoms with Crippen molar-refractivity contribution in [3.63, 3.8) is 0 Å². The zero-order valence-electron chi connectivity index (χ0n) is 52.1. The van der Waals surface area contributed by atoms with Crippen LogP contribution in [0.4, 0.5) is 17.5 Å². The lowest BCUT2D eigenvalue weighted by atomic mass is 9.76. The van der Waals surface area contributed by atoms with E-state index in [-0.39, 0.29) is 0 Å². The number of aromatic nitrogens is 3. The fourth-order valence-electron chi connectivity index (χ4n) is 13.1. The summed E-state index contributed by atoms with van der Waals surface area (Å²) in [4.78, 5) is 23.6. The number of benzene rings is 7. The van der Waals surface area contributed by atoms with Gasteiger partial charge in [0.05, 0.1) is 23.1 Å². The van der Waals surface area contributed by atoms with Gasteiger partial charge in [0.15, 0.2) is 0 Å². The van der Waals surface area contributed by atoms with Crippen LogP contribution in [-0.4, -0.2) is 113 Å². The molecule has 3 saturated heterocycles. The lowest BCUT2D eigenvalue weighted by molar-refractivity contribution is 0.110. The molecule has 13 rings (SSSR count). The molecule has 11 nitrogen and oxygen atoms in total. The lowest BCUT2D eigenvalue weighted by Gasteiger charge is -2.39. The van der Waals surface area contributed by atoms with Crippen molar-refractivity contribution in [2.45, 2.75) is 62.9 Å². The van der Waals surface area contributed by atoms with Gasteiger partial charge in [-0.05, 0) is 152 Å². The van der Waals surface area contributed by atoms with Crippen molar-refractivity contribution < 1.29 is 0 Å². The molecule has 8 N–H and O–H groups in total. The van der Waals surface area contributed by atoms with Crippen LogP contribution < -0.4 is 22.9 Å². The second-order valence-electron chi connectivity index (χ2n) is 24.4. The monoisotopic (exact) mass is 1190 g/mol. The van der Waals surface area contributed by atoms with E-state index in [1.165, 1.54) is 64.9 Å². The summed E-state index contributed by atoms with van der Waals surface area (Å²) in [5, 5.41) is 0. The van der Waals surface area contributed by atoms with Crippen LogP contribution in [0.15, 0.2) is 249 Å². The van der Waals surface area contributed by atoms with E-state index >= 15 is 0 Å². The molecule has 3 fully saturated rings. The molecule has 0 radical (unpaired) electrons. The Morgan fingerprint density at radius 1 is 0.322 bits per heavy atom. The number of piperazine rings is 1. The maximum atomic E-state index is 5.95. The van der Waals surface area contributed by atoms with Crippen molar-refractivity contribution in [2.24, 2.45) is 11.7 Å². The van der Waals surface area contributed by atoms with Gasteiger partial charge >= 0.3 is 0 Å². The highest BCUT2D eigenvalue weighted by Crippen LogP contribution is 2.38. The summed E-state index contributed by atoms with van der Waals surface area (Å²) < 4.78 is 0. The third-order valence-corrected chi connectivity index (χ3v) is 18.3. The summed E-state index contributed by atoms with van der Waals surface area (Å²) in [6, 6.07) is 88.1. The van der Waals surface area contributed by atoms with Crippen LogP contribution in [0, 0.1) is 5.92 Å². The highest BCUT2D eigenvalue weighted by molar-refractivity contribution is 5.63. The average Bonchev–Trinajstić information content (AvgIpc) is 3.03. The zero-order chi connectivity index (χ0) is 61.7. The van der Waals surface area contributed by atoms with Gasteiger partial charge in [0, 0.05) is 74.5 Å². The molecule has 0 atom stereocenters. The minimum absolute atomic E-state index is 0.317. The molecule has 3 aliphatic rings. The van der Waals surface area contributed by atoms with Crippen LogP contribution in [-0.2, 0) is 19.3 Å². The molecule has 460 valence electrons. The predicted molar refractivity (Wildman–Crippen MR) is 374 cm³/mol. The molecular formula is C79H89N11. The van der Waals surface area contributed by atoms with E-state index in [0.717, 1.165) is 125 Å². The summed E-state index contributed by atoms with van der Waals surface area (Å²) in [6.07, 6.45) is 7.96. The third kappa shape index (κ3) is 18.0. The van der Waals surface area contributed by atoms with Gasteiger partial charge in [-0.2, -0.15) is 0 Å². The van der Waals surface area contributed by atoms with Crippen LogP contribution in [0.1, 0.15) is 76.6 Å². The van der Waals surface area contributed by atoms with Gasteiger partial charge < -0.3 is 37.6 Å². The number of nitrogens with zero attached hydrogens (tertiary/aromatic N) is 7. The molecule has 3 aliphatic heterocycles. The second kappa shape index (κ2) is 32.1. The van der Waals surface area contributed by atoms with Crippen molar-refractivity contribution in [1.82, 2.24) is 34.6 Å². The Morgan fingerprint density at radius 2 is 0.633 bits per heavy atom. The minimum Gasteiger partial charge on any atom is -0.384 e. The number of rotatable bonds is 18. The fourth-order valence-corrected chi connectivity index (χ4v) is 13.1. The first-order valence-corrected chi connectivity index (χ1v) is 32.5. The number of likely N-dealkylation sites (tertiary alicyclic amines) is 2. The highest BCUT2D eigenvalue weighted by Gasteiger charge is 2.29. The maximum absolute atomic E-state index is 5.95. The predicted octanol–water partition coefficient (Wildman–Crippen LogP) is 14.0. The summed E-state index contributed by atoms with van der Waals surface area (Å²) in [5.41, 5.74) is 39.2. The molecule has 6 heterocycles. The summed E-state index contributed by atoms with van der Waals surface area (Å²) in [7, 11) is 0. The number of anilines is 3. The van der Waals surface area contributed by atoms with Crippen molar-refractivity contribution in [1.29, 1.82) is 0 Å². The van der Waals surface area contributed by atoms with Gasteiger partial charge in [0.25, 0.3) is 0 Å². The number of hydrogen-bond acceptors (Lipinski definition) is 11. The van der Waals surface area contributed by atoms with Crippen LogP contribution in [0.3, 0.4) is 0 Å². The standard InChI is InChI=1S/C31H33N3.C30H32N4.C18H24N4/c32-30-13-7-12-29(33-30)25-16-14-24(15-17-25)18-21-34-22-19-28(20-23-34)31(26-8-3-1-4-9-26)27-10-5-2-6-11-27;31-29-13-7-12-28(32-29)25-16-14-24(15-17-25)18-19-33-20-22-34(23-21-33)30(26-8-3-1-4-9-26)27-10-5-2-6-11-27;19-16-9-12-22(13-10-16)11-8-14-4-6-15(7-5-14)17-2-1-3-18(20)21-17/h1-17,28,31H,18-23H2,(H2,32,33);1-17,30H,18-23H2,(H2,31,32);1-7,16H,8-13,19H2,(H2,20,21). The van der Waals surface area contributed by atoms with Crippen molar-refractivity contribution in [3.05, 3.63) is 288 Å². The van der Waals surface area contributed by atoms with E-state index in [1.54, 1.807) is 0 Å². The fraction of sp³-hybridized carbons (Fsp3) is 0.278. The van der Waals surface area contributed by atoms with E-state index in [1.807, 2.05) is 54.6 Å². The van der Waals surface area contributed by atoms with Crippen LogP contribution in [0.2, 0.25) is 0 Å². The third-order valence-electron chi connectivity index (χ3n) is 18.3. The Balaban J connectivity index is 0.000000143. The Kier molecular flexibility index (Phi) is 22.4. The largest absolute Gasteiger partial charge is 0.384 e. The molecule has 0 saturated carbocycles. The smallest absolute Gasteiger partial charge is 0.124 e. The topological polar surface area (TPSA) is 156 Å². The van der Waals surface area contributed by atoms with E-state index in [0.29, 0.717) is 41.4 Å². The van der Waals surface area contributed by atoms with E-state index < -0.39 is 0 Å². The first-order chi connectivity index (χ1) is 44.2.